The molecular formula is C16H27N3S. The van der Waals surface area contributed by atoms with Gasteiger partial charge in [0, 0.05) is 18.8 Å². The lowest BCUT2D eigenvalue weighted by Crippen LogP contribution is -2.41. The number of thiocarbonyl (C=S) groups is 1. The second-order valence-electron chi connectivity index (χ2n) is 6.53. The molecule has 0 spiro atoms. The maximum Gasteiger partial charge on any atom is 0.170 e. The summed E-state index contributed by atoms with van der Waals surface area (Å²) in [5.74, 6) is 0. The van der Waals surface area contributed by atoms with Gasteiger partial charge in [0.1, 0.15) is 0 Å². The van der Waals surface area contributed by atoms with Crippen molar-refractivity contribution in [2.45, 2.75) is 27.7 Å². The van der Waals surface area contributed by atoms with Crippen molar-refractivity contribution in [2.24, 2.45) is 5.41 Å². The molecule has 0 radical (unpaired) electrons. The zero-order valence-corrected chi connectivity index (χ0v) is 14.3. The Labute approximate surface area is 128 Å². The van der Waals surface area contributed by atoms with Crippen LogP contribution in [0.1, 0.15) is 25.0 Å². The van der Waals surface area contributed by atoms with E-state index in [0.717, 1.165) is 18.8 Å². The van der Waals surface area contributed by atoms with E-state index in [1.54, 1.807) is 0 Å². The number of benzene rings is 1. The van der Waals surface area contributed by atoms with Crippen molar-refractivity contribution in [2.75, 3.05) is 32.5 Å². The number of nitrogens with one attached hydrogen (secondary N) is 2. The van der Waals surface area contributed by atoms with Crippen LogP contribution in [0.15, 0.2) is 18.2 Å². The molecule has 0 unspecified atom stereocenters. The van der Waals surface area contributed by atoms with Crippen LogP contribution in [0.3, 0.4) is 0 Å². The molecule has 0 aromatic heterocycles. The summed E-state index contributed by atoms with van der Waals surface area (Å²) in [5.41, 5.74) is 3.72. The average Bonchev–Trinajstić information content (AvgIpc) is 2.29. The van der Waals surface area contributed by atoms with Gasteiger partial charge in [-0.05, 0) is 57.2 Å². The van der Waals surface area contributed by atoms with Crippen molar-refractivity contribution in [3.8, 4) is 0 Å². The minimum absolute atomic E-state index is 0.178. The van der Waals surface area contributed by atoms with Crippen LogP contribution in [0.2, 0.25) is 0 Å². The van der Waals surface area contributed by atoms with Gasteiger partial charge in [-0.15, -0.1) is 0 Å². The molecular weight excluding hydrogens is 266 g/mol. The first-order valence-electron chi connectivity index (χ1n) is 6.96. The molecule has 0 aliphatic heterocycles. The van der Waals surface area contributed by atoms with Crippen LogP contribution in [-0.4, -0.2) is 37.2 Å². The van der Waals surface area contributed by atoms with E-state index >= 15 is 0 Å². The molecule has 0 saturated carbocycles. The summed E-state index contributed by atoms with van der Waals surface area (Å²) in [6.07, 6.45) is 0. The maximum absolute atomic E-state index is 5.37. The predicted molar refractivity (Wildman–Crippen MR) is 92.5 cm³/mol. The van der Waals surface area contributed by atoms with Crippen LogP contribution < -0.4 is 10.6 Å². The number of hydrogen-bond acceptors (Lipinski definition) is 2. The van der Waals surface area contributed by atoms with Crippen LogP contribution in [0.4, 0.5) is 5.69 Å². The third kappa shape index (κ3) is 5.88. The van der Waals surface area contributed by atoms with Gasteiger partial charge in [0.2, 0.25) is 0 Å². The molecule has 112 valence electrons. The minimum Gasteiger partial charge on any atom is -0.362 e. The number of anilines is 1. The highest BCUT2D eigenvalue weighted by atomic mass is 32.1. The topological polar surface area (TPSA) is 27.3 Å². The second kappa shape index (κ2) is 7.04. The van der Waals surface area contributed by atoms with Crippen molar-refractivity contribution in [3.63, 3.8) is 0 Å². The Balaban J connectivity index is 2.52. The molecule has 1 aromatic carbocycles. The van der Waals surface area contributed by atoms with E-state index in [2.05, 4.69) is 75.5 Å². The van der Waals surface area contributed by atoms with Crippen molar-refractivity contribution in [1.82, 2.24) is 10.2 Å². The zero-order chi connectivity index (χ0) is 15.3. The molecule has 1 aromatic rings. The Morgan fingerprint density at radius 1 is 1.25 bits per heavy atom. The Morgan fingerprint density at radius 2 is 1.90 bits per heavy atom. The molecule has 3 nitrogen and oxygen atoms in total. The van der Waals surface area contributed by atoms with Gasteiger partial charge < -0.3 is 15.5 Å². The molecule has 0 amide bonds. The standard InChI is InChI=1S/C16H27N3S/c1-12-7-8-14(13(2)9-12)18-15(20)17-10-16(3,4)11-19(5)6/h7-9H,10-11H2,1-6H3,(H2,17,18,20). The molecule has 20 heavy (non-hydrogen) atoms. The van der Waals surface area contributed by atoms with E-state index in [1.807, 2.05) is 0 Å². The molecule has 0 aliphatic rings. The lowest BCUT2D eigenvalue weighted by atomic mass is 9.93. The van der Waals surface area contributed by atoms with Crippen LogP contribution in [0.25, 0.3) is 0 Å². The molecule has 0 aliphatic carbocycles. The van der Waals surface area contributed by atoms with E-state index in [1.165, 1.54) is 11.1 Å². The molecule has 2 N–H and O–H groups in total. The summed E-state index contributed by atoms with van der Waals surface area (Å²) in [6.45, 7) is 10.5. The fourth-order valence-electron chi connectivity index (χ4n) is 2.35. The average molecular weight is 293 g/mol. The molecule has 0 fully saturated rings. The van der Waals surface area contributed by atoms with E-state index in [9.17, 15) is 0 Å². The fraction of sp³-hybridized carbons (Fsp3) is 0.562. The molecule has 1 rings (SSSR count). The minimum atomic E-state index is 0.178. The van der Waals surface area contributed by atoms with Crippen LogP contribution >= 0.6 is 12.2 Å². The zero-order valence-electron chi connectivity index (χ0n) is 13.5. The van der Waals surface area contributed by atoms with E-state index in [-0.39, 0.29) is 5.41 Å². The van der Waals surface area contributed by atoms with E-state index in [0.29, 0.717) is 5.11 Å². The Morgan fingerprint density at radius 3 is 2.45 bits per heavy atom. The van der Waals surface area contributed by atoms with Gasteiger partial charge in [-0.1, -0.05) is 31.5 Å². The van der Waals surface area contributed by atoms with Gasteiger partial charge in [-0.2, -0.15) is 0 Å². The largest absolute Gasteiger partial charge is 0.362 e. The van der Waals surface area contributed by atoms with Gasteiger partial charge in [-0.3, -0.25) is 0 Å². The quantitative estimate of drug-likeness (QED) is 0.816. The maximum atomic E-state index is 5.37. The summed E-state index contributed by atoms with van der Waals surface area (Å²) in [5, 5.41) is 7.27. The Kier molecular flexibility index (Phi) is 5.96. The number of nitrogens with zero attached hydrogens (tertiary/aromatic N) is 1. The number of hydrogen-bond donors (Lipinski definition) is 2. The molecule has 0 atom stereocenters. The highest BCUT2D eigenvalue weighted by Gasteiger charge is 2.19. The Bertz CT molecular complexity index is 467. The first-order valence-corrected chi connectivity index (χ1v) is 7.37. The third-order valence-corrected chi connectivity index (χ3v) is 3.35. The number of rotatable bonds is 5. The van der Waals surface area contributed by atoms with E-state index < -0.39 is 0 Å². The normalized spacial score (nSPS) is 11.6. The van der Waals surface area contributed by atoms with E-state index in [4.69, 9.17) is 12.2 Å². The smallest absolute Gasteiger partial charge is 0.170 e. The summed E-state index contributed by atoms with van der Waals surface area (Å²) >= 11 is 5.37. The second-order valence-corrected chi connectivity index (χ2v) is 6.94. The lowest BCUT2D eigenvalue weighted by Gasteiger charge is -2.29. The SMILES string of the molecule is Cc1ccc(NC(=S)NCC(C)(C)CN(C)C)c(C)c1. The van der Waals surface area contributed by atoms with Gasteiger partial charge in [0.05, 0.1) is 0 Å². The van der Waals surface area contributed by atoms with Gasteiger partial charge in [0.25, 0.3) is 0 Å². The molecule has 0 saturated heterocycles. The fourth-order valence-corrected chi connectivity index (χ4v) is 2.53. The highest BCUT2D eigenvalue weighted by molar-refractivity contribution is 7.80. The third-order valence-electron chi connectivity index (χ3n) is 3.10. The summed E-state index contributed by atoms with van der Waals surface area (Å²) in [6, 6.07) is 6.32. The Hall–Kier alpha value is -1.13. The van der Waals surface area contributed by atoms with Gasteiger partial charge >= 0.3 is 0 Å². The summed E-state index contributed by atoms with van der Waals surface area (Å²) < 4.78 is 0. The van der Waals surface area contributed by atoms with Crippen LogP contribution in [0.5, 0.6) is 0 Å². The lowest BCUT2D eigenvalue weighted by molar-refractivity contribution is 0.242. The van der Waals surface area contributed by atoms with Crippen molar-refractivity contribution in [1.29, 1.82) is 0 Å². The summed E-state index contributed by atoms with van der Waals surface area (Å²) in [4.78, 5) is 2.20. The van der Waals surface area contributed by atoms with Crippen molar-refractivity contribution >= 4 is 23.0 Å². The summed E-state index contributed by atoms with van der Waals surface area (Å²) in [7, 11) is 4.18. The predicted octanol–water partition coefficient (Wildman–Crippen LogP) is 3.18. The first kappa shape index (κ1) is 16.9. The number of aryl methyl sites for hydroxylation is 2. The van der Waals surface area contributed by atoms with Crippen LogP contribution in [-0.2, 0) is 0 Å². The highest BCUT2D eigenvalue weighted by Crippen LogP contribution is 2.17. The molecule has 0 heterocycles. The van der Waals surface area contributed by atoms with Gasteiger partial charge in [0.15, 0.2) is 5.11 Å². The first-order chi connectivity index (χ1) is 9.19. The molecule has 4 heteroatoms. The molecule has 0 bridgehead atoms. The van der Waals surface area contributed by atoms with Crippen molar-refractivity contribution < 1.29 is 0 Å². The van der Waals surface area contributed by atoms with Crippen LogP contribution in [0, 0.1) is 19.3 Å². The monoisotopic (exact) mass is 293 g/mol. The van der Waals surface area contributed by atoms with Gasteiger partial charge in [-0.25, -0.2) is 0 Å². The van der Waals surface area contributed by atoms with Crippen molar-refractivity contribution in [3.05, 3.63) is 29.3 Å².